The van der Waals surface area contributed by atoms with Gasteiger partial charge in [-0.3, -0.25) is 0 Å². The normalized spacial score (nSPS) is 8.22. The average Bonchev–Trinajstić information content (AvgIpc) is 1.68. The molecule has 0 aromatic carbocycles. The molecule has 0 fully saturated rings. The van der Waals surface area contributed by atoms with E-state index < -0.39 is 0 Å². The zero-order valence-corrected chi connectivity index (χ0v) is 8.90. The fraction of sp³-hybridized carbons (Fsp3) is 0.375. The van der Waals surface area contributed by atoms with Crippen molar-refractivity contribution in [3.8, 4) is 0 Å². The molecular weight excluding hydrogens is 185 g/mol. The molecule has 0 heterocycles. The van der Waals surface area contributed by atoms with Crippen molar-refractivity contribution in [1.82, 2.24) is 0 Å². The van der Waals surface area contributed by atoms with Gasteiger partial charge >= 0.3 is 0 Å². The van der Waals surface area contributed by atoms with Crippen molar-refractivity contribution in [2.24, 2.45) is 0 Å². The molecule has 9 heavy (non-hydrogen) atoms. The predicted molar refractivity (Wildman–Crippen MR) is 38.5 cm³/mol. The molecule has 0 N–H and O–H groups in total. The Hall–Kier alpha value is 0.584. The zero-order chi connectivity index (χ0) is 6.41. The van der Waals surface area contributed by atoms with Gasteiger partial charge in [-0.1, -0.05) is 0 Å². The van der Waals surface area contributed by atoms with Crippen LogP contribution in [0.2, 0.25) is 0 Å². The van der Waals surface area contributed by atoms with Crippen molar-refractivity contribution in [1.29, 1.82) is 0 Å². The molecule has 0 aliphatic heterocycles. The monoisotopic (exact) mass is 198 g/mol. The fourth-order valence-corrected chi connectivity index (χ4v) is 0.576. The molecule has 0 aliphatic rings. The Kier molecular flexibility index (Phi) is 11.7. The second-order valence-electron chi connectivity index (χ2n) is 1.94. The first-order valence-electron chi connectivity index (χ1n) is 2.84. The first-order chi connectivity index (χ1) is 3.81. The maximum atomic E-state index is 3.63. The minimum Gasteiger partial charge on any atom is -0.309 e. The topological polar surface area (TPSA) is 0 Å². The minimum atomic E-state index is 0. The summed E-state index contributed by atoms with van der Waals surface area (Å²) in [6, 6.07) is 0. The molecular formula is C8H13Y-. The Morgan fingerprint density at radius 1 is 1.22 bits per heavy atom. The van der Waals surface area contributed by atoms with Gasteiger partial charge in [0.1, 0.15) is 0 Å². The van der Waals surface area contributed by atoms with E-state index in [4.69, 9.17) is 0 Å². The summed E-state index contributed by atoms with van der Waals surface area (Å²) >= 11 is 0. The van der Waals surface area contributed by atoms with Gasteiger partial charge in [-0.05, 0) is 0 Å². The van der Waals surface area contributed by atoms with Crippen LogP contribution >= 0.6 is 0 Å². The maximum Gasteiger partial charge on any atom is 0 e. The van der Waals surface area contributed by atoms with Crippen molar-refractivity contribution in [2.45, 2.75) is 19.8 Å². The molecule has 0 saturated carbocycles. The van der Waals surface area contributed by atoms with Crippen molar-refractivity contribution < 1.29 is 32.7 Å². The third-order valence-corrected chi connectivity index (χ3v) is 0.986. The van der Waals surface area contributed by atoms with E-state index in [1.807, 2.05) is 12.2 Å². The van der Waals surface area contributed by atoms with Crippen molar-refractivity contribution in [3.63, 3.8) is 0 Å². The Morgan fingerprint density at radius 3 is 1.78 bits per heavy atom. The largest absolute Gasteiger partial charge is 0.309 e. The van der Waals surface area contributed by atoms with Crippen LogP contribution in [0.4, 0.5) is 0 Å². The van der Waals surface area contributed by atoms with Crippen molar-refractivity contribution in [2.75, 3.05) is 0 Å². The number of allylic oxidation sites excluding steroid dienone is 2. The summed E-state index contributed by atoms with van der Waals surface area (Å²) in [4.78, 5) is 0. The van der Waals surface area contributed by atoms with E-state index in [0.717, 1.165) is 12.8 Å². The van der Waals surface area contributed by atoms with Gasteiger partial charge in [0.05, 0.1) is 0 Å². The molecule has 0 amide bonds. The molecule has 0 aromatic rings. The van der Waals surface area contributed by atoms with Crippen LogP contribution in [-0.2, 0) is 32.7 Å². The van der Waals surface area contributed by atoms with Crippen molar-refractivity contribution >= 4 is 0 Å². The molecule has 0 spiro atoms. The van der Waals surface area contributed by atoms with Gasteiger partial charge in [-0.2, -0.15) is 19.8 Å². The smallest absolute Gasteiger partial charge is 0 e. The van der Waals surface area contributed by atoms with E-state index in [-0.39, 0.29) is 32.7 Å². The van der Waals surface area contributed by atoms with Crippen molar-refractivity contribution in [3.05, 3.63) is 31.2 Å². The zero-order valence-electron chi connectivity index (χ0n) is 6.06. The molecule has 49 valence electrons. The Bertz CT molecular complexity index is 66.6. The maximum absolute atomic E-state index is 3.63. The molecule has 1 heteroatoms. The van der Waals surface area contributed by atoms with Crippen LogP contribution in [0.3, 0.4) is 0 Å². The van der Waals surface area contributed by atoms with E-state index in [1.54, 1.807) is 0 Å². The predicted octanol–water partition coefficient (Wildman–Crippen LogP) is 2.73. The molecule has 0 nitrogen and oxygen atoms in total. The average molecular weight is 198 g/mol. The van der Waals surface area contributed by atoms with Crippen LogP contribution in [0, 0.1) is 5.92 Å². The van der Waals surface area contributed by atoms with Crippen LogP contribution in [0.5, 0.6) is 0 Å². The third kappa shape index (κ3) is 8.58. The second-order valence-corrected chi connectivity index (χ2v) is 1.94. The van der Waals surface area contributed by atoms with E-state index in [0.29, 0.717) is 0 Å². The molecule has 0 unspecified atom stereocenters. The van der Waals surface area contributed by atoms with Gasteiger partial charge in [-0.25, -0.2) is 0 Å². The third-order valence-electron chi connectivity index (χ3n) is 0.986. The summed E-state index contributed by atoms with van der Waals surface area (Å²) < 4.78 is 0. The summed E-state index contributed by atoms with van der Waals surface area (Å²) in [7, 11) is 0. The van der Waals surface area contributed by atoms with Gasteiger partial charge in [-0.15, -0.1) is 25.3 Å². The summed E-state index contributed by atoms with van der Waals surface area (Å²) in [6.45, 7) is 9.37. The number of hydrogen-bond acceptors (Lipinski definition) is 0. The number of hydrogen-bond donors (Lipinski definition) is 0. The van der Waals surface area contributed by atoms with Gasteiger partial charge in [0.2, 0.25) is 0 Å². The van der Waals surface area contributed by atoms with E-state index >= 15 is 0 Å². The van der Waals surface area contributed by atoms with Crippen LogP contribution in [-0.4, -0.2) is 0 Å². The van der Waals surface area contributed by atoms with Crippen LogP contribution in [0.25, 0.3) is 0 Å². The van der Waals surface area contributed by atoms with Crippen LogP contribution < -0.4 is 0 Å². The Balaban J connectivity index is 0. The molecule has 0 atom stereocenters. The molecule has 0 bridgehead atoms. The van der Waals surface area contributed by atoms with Gasteiger partial charge in [0.25, 0.3) is 0 Å². The standard InChI is InChI=1S/C8H13.Y/c1-4-6-8(3)7-5-2;/h4-5H,1-2,6-7H2,3H3;/q-1;. The first-order valence-corrected chi connectivity index (χ1v) is 2.84. The summed E-state index contributed by atoms with van der Waals surface area (Å²) in [5.41, 5.74) is 0. The molecule has 0 rings (SSSR count). The van der Waals surface area contributed by atoms with E-state index in [2.05, 4.69) is 20.1 Å². The van der Waals surface area contributed by atoms with Gasteiger partial charge < -0.3 is 5.92 Å². The molecule has 1 radical (unpaired) electrons. The molecule has 0 aliphatic carbocycles. The Morgan fingerprint density at radius 2 is 1.56 bits per heavy atom. The SMILES string of the molecule is C=CC[C-](C)CC=C.[Y]. The molecule has 0 saturated heterocycles. The summed E-state index contributed by atoms with van der Waals surface area (Å²) in [6.07, 6.45) is 5.87. The summed E-state index contributed by atoms with van der Waals surface area (Å²) in [5.74, 6) is 1.43. The minimum absolute atomic E-state index is 0. The fourth-order valence-electron chi connectivity index (χ4n) is 0.576. The first kappa shape index (κ1) is 12.3. The second kappa shape index (κ2) is 8.58. The van der Waals surface area contributed by atoms with Gasteiger partial charge in [0, 0.05) is 32.7 Å². The summed E-state index contributed by atoms with van der Waals surface area (Å²) in [5, 5.41) is 0. The molecule has 0 aromatic heterocycles. The van der Waals surface area contributed by atoms with Crippen LogP contribution in [0.15, 0.2) is 25.3 Å². The van der Waals surface area contributed by atoms with Gasteiger partial charge in [0.15, 0.2) is 0 Å². The Labute approximate surface area is 83.3 Å². The number of rotatable bonds is 4. The quantitative estimate of drug-likeness (QED) is 0.481. The van der Waals surface area contributed by atoms with Crippen LogP contribution in [0.1, 0.15) is 19.8 Å². The van der Waals surface area contributed by atoms with E-state index in [9.17, 15) is 0 Å². The van der Waals surface area contributed by atoms with E-state index in [1.165, 1.54) is 5.92 Å².